The average molecular weight is 226 g/mol. The minimum absolute atomic E-state index is 0.207. The van der Waals surface area contributed by atoms with Crippen molar-refractivity contribution in [3.05, 3.63) is 0 Å². The van der Waals surface area contributed by atoms with Crippen LogP contribution in [0.15, 0.2) is 0 Å². The normalized spacial score (nSPS) is 27.1. The highest BCUT2D eigenvalue weighted by Crippen LogP contribution is 2.47. The molecule has 16 heavy (non-hydrogen) atoms. The summed E-state index contributed by atoms with van der Waals surface area (Å²) in [5, 5.41) is 8.85. The van der Waals surface area contributed by atoms with Crippen molar-refractivity contribution in [3.8, 4) is 0 Å². The van der Waals surface area contributed by atoms with Crippen molar-refractivity contribution >= 4 is 5.91 Å². The Morgan fingerprint density at radius 3 is 2.81 bits per heavy atom. The molecule has 1 atom stereocenters. The van der Waals surface area contributed by atoms with Crippen LogP contribution < -0.4 is 5.73 Å². The standard InChI is InChI=1S/C12H22N2O2/c13-9-12(5-6-12)11(16)14-7-1-3-10(14)4-2-8-15/h10,15H,1-9,13H2. The zero-order valence-corrected chi connectivity index (χ0v) is 9.82. The molecule has 1 saturated heterocycles. The van der Waals surface area contributed by atoms with Gasteiger partial charge in [-0.2, -0.15) is 0 Å². The SMILES string of the molecule is NCC1(C(=O)N2CCCC2CCCO)CC1. The van der Waals surface area contributed by atoms with Gasteiger partial charge in [0, 0.05) is 25.7 Å². The van der Waals surface area contributed by atoms with Gasteiger partial charge in [0.15, 0.2) is 0 Å². The van der Waals surface area contributed by atoms with Crippen LogP contribution in [0.2, 0.25) is 0 Å². The number of aliphatic hydroxyl groups excluding tert-OH is 1. The predicted octanol–water partition coefficient (Wildman–Crippen LogP) is 0.489. The highest BCUT2D eigenvalue weighted by molar-refractivity contribution is 5.86. The lowest BCUT2D eigenvalue weighted by atomic mass is 10.0. The number of hydrogen-bond acceptors (Lipinski definition) is 3. The number of carbonyl (C=O) groups is 1. The number of amides is 1. The lowest BCUT2D eigenvalue weighted by molar-refractivity contribution is -0.137. The quantitative estimate of drug-likeness (QED) is 0.717. The van der Waals surface area contributed by atoms with Gasteiger partial charge in [0.2, 0.25) is 5.91 Å². The summed E-state index contributed by atoms with van der Waals surface area (Å²) in [7, 11) is 0. The van der Waals surface area contributed by atoms with Gasteiger partial charge in [0.25, 0.3) is 0 Å². The van der Waals surface area contributed by atoms with Crippen molar-refractivity contribution in [2.75, 3.05) is 19.7 Å². The van der Waals surface area contributed by atoms with Gasteiger partial charge in [0.05, 0.1) is 5.41 Å². The van der Waals surface area contributed by atoms with Gasteiger partial charge < -0.3 is 15.7 Å². The molecule has 0 aromatic carbocycles. The summed E-state index contributed by atoms with van der Waals surface area (Å²) in [5.41, 5.74) is 5.49. The second-order valence-electron chi connectivity index (χ2n) is 5.14. The summed E-state index contributed by atoms with van der Waals surface area (Å²) < 4.78 is 0. The number of likely N-dealkylation sites (tertiary alicyclic amines) is 1. The molecule has 1 heterocycles. The van der Waals surface area contributed by atoms with Crippen LogP contribution in [0, 0.1) is 5.41 Å². The molecule has 1 aliphatic carbocycles. The van der Waals surface area contributed by atoms with Gasteiger partial charge in [-0.15, -0.1) is 0 Å². The zero-order valence-electron chi connectivity index (χ0n) is 9.82. The smallest absolute Gasteiger partial charge is 0.230 e. The van der Waals surface area contributed by atoms with Crippen LogP contribution in [0.4, 0.5) is 0 Å². The topological polar surface area (TPSA) is 66.6 Å². The predicted molar refractivity (Wildman–Crippen MR) is 61.8 cm³/mol. The van der Waals surface area contributed by atoms with Crippen molar-refractivity contribution in [1.29, 1.82) is 0 Å². The van der Waals surface area contributed by atoms with Gasteiger partial charge >= 0.3 is 0 Å². The Morgan fingerprint density at radius 2 is 2.25 bits per heavy atom. The molecule has 2 rings (SSSR count). The van der Waals surface area contributed by atoms with Crippen molar-refractivity contribution in [1.82, 2.24) is 4.90 Å². The highest BCUT2D eigenvalue weighted by Gasteiger charge is 2.51. The van der Waals surface area contributed by atoms with Crippen molar-refractivity contribution < 1.29 is 9.90 Å². The molecular formula is C12H22N2O2. The van der Waals surface area contributed by atoms with Crippen LogP contribution >= 0.6 is 0 Å². The zero-order chi connectivity index (χ0) is 11.6. The Hall–Kier alpha value is -0.610. The number of carbonyl (C=O) groups excluding carboxylic acids is 1. The average Bonchev–Trinajstić information content (AvgIpc) is 2.98. The molecule has 1 aliphatic heterocycles. The summed E-state index contributed by atoms with van der Waals surface area (Å²) >= 11 is 0. The Labute approximate surface area is 96.8 Å². The maximum atomic E-state index is 12.3. The van der Waals surface area contributed by atoms with E-state index in [1.165, 1.54) is 0 Å². The third kappa shape index (κ3) is 2.09. The van der Waals surface area contributed by atoms with E-state index in [0.29, 0.717) is 12.6 Å². The number of nitrogens with two attached hydrogens (primary N) is 1. The third-order valence-electron chi connectivity index (χ3n) is 4.03. The summed E-state index contributed by atoms with van der Waals surface area (Å²) in [5.74, 6) is 0.274. The maximum absolute atomic E-state index is 12.3. The summed E-state index contributed by atoms with van der Waals surface area (Å²) in [6, 6.07) is 0.351. The summed E-state index contributed by atoms with van der Waals surface area (Å²) in [4.78, 5) is 14.3. The molecule has 2 fully saturated rings. The molecule has 0 spiro atoms. The Bertz CT molecular complexity index is 264. The molecule has 1 unspecified atom stereocenters. The molecule has 0 bridgehead atoms. The first-order valence-electron chi connectivity index (χ1n) is 6.35. The number of rotatable bonds is 5. The van der Waals surface area contributed by atoms with Gasteiger partial charge in [-0.25, -0.2) is 0 Å². The van der Waals surface area contributed by atoms with Gasteiger partial charge in [-0.3, -0.25) is 4.79 Å². The van der Waals surface area contributed by atoms with E-state index < -0.39 is 0 Å². The molecule has 0 aromatic rings. The van der Waals surface area contributed by atoms with E-state index in [0.717, 1.165) is 45.1 Å². The van der Waals surface area contributed by atoms with Gasteiger partial charge in [-0.05, 0) is 38.5 Å². The molecule has 92 valence electrons. The number of aliphatic hydroxyl groups is 1. The highest BCUT2D eigenvalue weighted by atomic mass is 16.3. The summed E-state index contributed by atoms with van der Waals surface area (Å²) in [6.07, 6.45) is 5.85. The van der Waals surface area contributed by atoms with Crippen LogP contribution in [0.5, 0.6) is 0 Å². The third-order valence-corrected chi connectivity index (χ3v) is 4.03. The van der Waals surface area contributed by atoms with E-state index in [1.54, 1.807) is 0 Å². The van der Waals surface area contributed by atoms with E-state index in [9.17, 15) is 4.79 Å². The first-order valence-corrected chi connectivity index (χ1v) is 6.35. The fraction of sp³-hybridized carbons (Fsp3) is 0.917. The van der Waals surface area contributed by atoms with E-state index in [2.05, 4.69) is 0 Å². The van der Waals surface area contributed by atoms with Crippen LogP contribution in [0.3, 0.4) is 0 Å². The number of hydrogen-bond donors (Lipinski definition) is 2. The van der Waals surface area contributed by atoms with Crippen molar-refractivity contribution in [2.24, 2.45) is 11.1 Å². The second-order valence-corrected chi connectivity index (χ2v) is 5.14. The van der Waals surface area contributed by atoms with E-state index in [-0.39, 0.29) is 17.9 Å². The molecular weight excluding hydrogens is 204 g/mol. The Balaban J connectivity index is 1.94. The molecule has 4 heteroatoms. The fourth-order valence-corrected chi connectivity index (χ4v) is 2.69. The Kier molecular flexibility index (Phi) is 3.50. The van der Waals surface area contributed by atoms with Crippen molar-refractivity contribution in [2.45, 2.75) is 44.6 Å². The first-order chi connectivity index (χ1) is 7.73. The molecule has 1 amide bonds. The second kappa shape index (κ2) is 4.72. The minimum Gasteiger partial charge on any atom is -0.396 e. The van der Waals surface area contributed by atoms with Crippen LogP contribution in [0.25, 0.3) is 0 Å². The lowest BCUT2D eigenvalue weighted by Gasteiger charge is -2.28. The molecule has 0 aromatic heterocycles. The number of nitrogens with zero attached hydrogens (tertiary/aromatic N) is 1. The molecule has 2 aliphatic rings. The van der Waals surface area contributed by atoms with Crippen molar-refractivity contribution in [3.63, 3.8) is 0 Å². The van der Waals surface area contributed by atoms with Gasteiger partial charge in [-0.1, -0.05) is 0 Å². The molecule has 0 radical (unpaired) electrons. The van der Waals surface area contributed by atoms with Gasteiger partial charge in [0.1, 0.15) is 0 Å². The molecule has 4 nitrogen and oxygen atoms in total. The van der Waals surface area contributed by atoms with E-state index in [4.69, 9.17) is 10.8 Å². The maximum Gasteiger partial charge on any atom is 0.230 e. The largest absolute Gasteiger partial charge is 0.396 e. The summed E-state index contributed by atoms with van der Waals surface area (Å²) in [6.45, 7) is 1.60. The first kappa shape index (κ1) is 11.9. The monoisotopic (exact) mass is 226 g/mol. The van der Waals surface area contributed by atoms with Crippen LogP contribution in [-0.4, -0.2) is 41.7 Å². The minimum atomic E-state index is -0.207. The molecule has 1 saturated carbocycles. The lowest BCUT2D eigenvalue weighted by Crippen LogP contribution is -2.43. The van der Waals surface area contributed by atoms with E-state index in [1.807, 2.05) is 4.90 Å². The van der Waals surface area contributed by atoms with E-state index >= 15 is 0 Å². The molecule has 3 N–H and O–H groups in total. The fourth-order valence-electron chi connectivity index (χ4n) is 2.69. The van der Waals surface area contributed by atoms with Crippen LogP contribution in [-0.2, 0) is 4.79 Å². The van der Waals surface area contributed by atoms with Crippen LogP contribution in [0.1, 0.15) is 38.5 Å². The Morgan fingerprint density at radius 1 is 1.50 bits per heavy atom.